The Hall–Kier alpha value is 0.270. The van der Waals surface area contributed by atoms with Gasteiger partial charge in [0.05, 0.1) is 30.1 Å². The maximum Gasteiger partial charge on any atom is 0.0607 e. The number of halogens is 9. The maximum atomic E-state index is 6.50. The van der Waals surface area contributed by atoms with E-state index < -0.39 is 5.92 Å². The van der Waals surface area contributed by atoms with Crippen LogP contribution in [0.3, 0.4) is 0 Å². The third-order valence-electron chi connectivity index (χ3n) is 4.05. The Balaban J connectivity index is 2.38. The average Bonchev–Trinajstić information content (AvgIpc) is 2.61. The molecule has 0 bridgehead atoms. The molecule has 0 unspecified atom stereocenters. The van der Waals surface area contributed by atoms with Crippen LogP contribution in [0.25, 0.3) is 0 Å². The minimum atomic E-state index is -0.563. The molecule has 0 aliphatic heterocycles. The van der Waals surface area contributed by atoms with Crippen LogP contribution in [0, 0.1) is 0 Å². The molecule has 0 aliphatic carbocycles. The molecule has 0 heterocycles. The summed E-state index contributed by atoms with van der Waals surface area (Å²) in [6.07, 6.45) is 0. The van der Waals surface area contributed by atoms with E-state index in [2.05, 4.69) is 0 Å². The first kappa shape index (κ1) is 22.9. The smallest absolute Gasteiger partial charge is 0.0607 e. The first-order chi connectivity index (χ1) is 13.1. The van der Waals surface area contributed by atoms with Gasteiger partial charge >= 0.3 is 0 Å². The summed E-state index contributed by atoms with van der Waals surface area (Å²) in [7, 11) is 0. The maximum absolute atomic E-state index is 6.50. The molecule has 0 amide bonds. The van der Waals surface area contributed by atoms with Crippen molar-refractivity contribution in [2.45, 2.75) is 5.92 Å². The van der Waals surface area contributed by atoms with Gasteiger partial charge in [-0.2, -0.15) is 0 Å². The summed E-state index contributed by atoms with van der Waals surface area (Å²) in [5.74, 6) is -0.563. The number of hydrogen-bond acceptors (Lipinski definition) is 0. The normalized spacial score (nSPS) is 11.4. The van der Waals surface area contributed by atoms with Crippen LogP contribution < -0.4 is 0 Å². The first-order valence-electron chi connectivity index (χ1n) is 7.53. The summed E-state index contributed by atoms with van der Waals surface area (Å²) in [6.45, 7) is 0. The van der Waals surface area contributed by atoms with Crippen LogP contribution in [0.4, 0.5) is 0 Å². The summed E-state index contributed by atoms with van der Waals surface area (Å²) in [5, 5.41) is 2.99. The Kier molecular flexibility index (Phi) is 7.52. The predicted molar refractivity (Wildman–Crippen MR) is 125 cm³/mol. The van der Waals surface area contributed by atoms with E-state index in [1.54, 1.807) is 36.4 Å². The fourth-order valence-electron chi connectivity index (χ4n) is 2.78. The Morgan fingerprint density at radius 2 is 0.536 bits per heavy atom. The van der Waals surface area contributed by atoms with Crippen molar-refractivity contribution in [1.82, 2.24) is 0 Å². The van der Waals surface area contributed by atoms with Crippen molar-refractivity contribution in [3.05, 3.63) is 98.3 Å². The van der Waals surface area contributed by atoms with Crippen LogP contribution >= 0.6 is 104 Å². The van der Waals surface area contributed by atoms with Crippen LogP contribution in [0.15, 0.2) is 36.4 Å². The molecule has 0 saturated heterocycles. The highest BCUT2D eigenvalue weighted by molar-refractivity contribution is 6.45. The number of rotatable bonds is 3. The van der Waals surface area contributed by atoms with Gasteiger partial charge in [-0.05, 0) is 53.1 Å². The van der Waals surface area contributed by atoms with Crippen molar-refractivity contribution in [2.75, 3.05) is 0 Å². The second-order valence-corrected chi connectivity index (χ2v) is 9.46. The van der Waals surface area contributed by atoms with E-state index >= 15 is 0 Å². The van der Waals surface area contributed by atoms with Crippen LogP contribution in [0.2, 0.25) is 45.2 Å². The molecule has 146 valence electrons. The zero-order valence-corrected chi connectivity index (χ0v) is 20.2. The van der Waals surface area contributed by atoms with Gasteiger partial charge in [-0.25, -0.2) is 0 Å². The molecular weight excluding hydrogens is 547 g/mol. The van der Waals surface area contributed by atoms with Crippen molar-refractivity contribution >= 4 is 104 Å². The summed E-state index contributed by atoms with van der Waals surface area (Å²) in [5.41, 5.74) is 1.82. The minimum absolute atomic E-state index is 0.314. The molecule has 0 nitrogen and oxygen atoms in total. The molecular formula is C19H7Cl9. The molecule has 0 atom stereocenters. The van der Waals surface area contributed by atoms with E-state index in [1.165, 1.54) is 0 Å². The van der Waals surface area contributed by atoms with Gasteiger partial charge in [0.2, 0.25) is 0 Å². The van der Waals surface area contributed by atoms with Crippen LogP contribution in [-0.2, 0) is 0 Å². The van der Waals surface area contributed by atoms with E-state index in [0.29, 0.717) is 61.9 Å². The lowest BCUT2D eigenvalue weighted by Crippen LogP contribution is -2.07. The Bertz CT molecular complexity index is 939. The molecule has 3 aromatic carbocycles. The third kappa shape index (κ3) is 4.62. The lowest BCUT2D eigenvalue weighted by atomic mass is 9.85. The Morgan fingerprint density at radius 3 is 0.786 bits per heavy atom. The monoisotopic (exact) mass is 550 g/mol. The molecule has 0 N–H and O–H groups in total. The summed E-state index contributed by atoms with van der Waals surface area (Å²) in [6, 6.07) is 9.58. The highest BCUT2D eigenvalue weighted by atomic mass is 35.5. The fourth-order valence-corrected chi connectivity index (χ4v) is 4.77. The first-order valence-corrected chi connectivity index (χ1v) is 10.9. The zero-order chi connectivity index (χ0) is 20.7. The SMILES string of the molecule is Clc1cc(Cl)c(C(c2cc(Cl)c(Cl)cc2Cl)c2cc(Cl)c(Cl)cc2Cl)cc1Cl. The molecule has 9 heteroatoms. The van der Waals surface area contributed by atoms with E-state index in [4.69, 9.17) is 104 Å². The lowest BCUT2D eigenvalue weighted by molar-refractivity contribution is 0.978. The molecule has 28 heavy (non-hydrogen) atoms. The van der Waals surface area contributed by atoms with Gasteiger partial charge in [-0.3, -0.25) is 0 Å². The van der Waals surface area contributed by atoms with E-state index in [1.807, 2.05) is 0 Å². The van der Waals surface area contributed by atoms with Gasteiger partial charge in [-0.15, -0.1) is 0 Å². The molecule has 0 spiro atoms. The molecule has 0 radical (unpaired) electrons. The minimum Gasteiger partial charge on any atom is -0.0839 e. The average molecular weight is 554 g/mol. The summed E-state index contributed by atoms with van der Waals surface area (Å²) in [4.78, 5) is 0. The molecule has 3 rings (SSSR count). The second-order valence-electron chi connectivity index (χ2n) is 5.80. The van der Waals surface area contributed by atoms with Gasteiger partial charge in [0.15, 0.2) is 0 Å². The van der Waals surface area contributed by atoms with Crippen molar-refractivity contribution < 1.29 is 0 Å². The van der Waals surface area contributed by atoms with Crippen LogP contribution in [0.5, 0.6) is 0 Å². The van der Waals surface area contributed by atoms with E-state index in [-0.39, 0.29) is 0 Å². The number of hydrogen-bond donors (Lipinski definition) is 0. The Labute approximate surface area is 207 Å². The molecule has 0 aliphatic rings. The predicted octanol–water partition coefficient (Wildman–Crippen LogP) is 10.7. The molecule has 3 aromatic rings. The van der Waals surface area contributed by atoms with Gasteiger partial charge in [0.1, 0.15) is 0 Å². The lowest BCUT2D eigenvalue weighted by Gasteiger charge is -2.24. The van der Waals surface area contributed by atoms with Crippen molar-refractivity contribution in [2.24, 2.45) is 0 Å². The molecule has 0 saturated carbocycles. The topological polar surface area (TPSA) is 0 Å². The summed E-state index contributed by atoms with van der Waals surface area (Å²) < 4.78 is 0. The number of benzene rings is 3. The molecule has 0 fully saturated rings. The van der Waals surface area contributed by atoms with Crippen molar-refractivity contribution in [1.29, 1.82) is 0 Å². The van der Waals surface area contributed by atoms with Gasteiger partial charge < -0.3 is 0 Å². The largest absolute Gasteiger partial charge is 0.0839 e. The third-order valence-corrected chi connectivity index (χ3v) is 7.20. The quantitative estimate of drug-likeness (QED) is 0.223. The summed E-state index contributed by atoms with van der Waals surface area (Å²) >= 11 is 56.5. The van der Waals surface area contributed by atoms with Gasteiger partial charge in [0.25, 0.3) is 0 Å². The Morgan fingerprint density at radius 1 is 0.321 bits per heavy atom. The second kappa shape index (κ2) is 9.18. The van der Waals surface area contributed by atoms with E-state index in [9.17, 15) is 0 Å². The fraction of sp³-hybridized carbons (Fsp3) is 0.0526. The van der Waals surface area contributed by atoms with Gasteiger partial charge in [-0.1, -0.05) is 104 Å². The van der Waals surface area contributed by atoms with Crippen LogP contribution in [-0.4, -0.2) is 0 Å². The standard InChI is InChI=1S/C19H7Cl9/c20-10-4-16(26)13(23)1-7(10)19(8-2-14(24)17(27)5-11(8)21)9-3-15(25)18(28)6-12(9)22/h1-6,19H. The van der Waals surface area contributed by atoms with Crippen molar-refractivity contribution in [3.8, 4) is 0 Å². The molecule has 0 aromatic heterocycles. The van der Waals surface area contributed by atoms with Gasteiger partial charge in [0, 0.05) is 21.0 Å². The highest BCUT2D eigenvalue weighted by Crippen LogP contribution is 2.46. The zero-order valence-electron chi connectivity index (χ0n) is 13.4. The van der Waals surface area contributed by atoms with Crippen molar-refractivity contribution in [3.63, 3.8) is 0 Å². The van der Waals surface area contributed by atoms with Crippen LogP contribution in [0.1, 0.15) is 22.6 Å². The highest BCUT2D eigenvalue weighted by Gasteiger charge is 2.27. The van der Waals surface area contributed by atoms with E-state index in [0.717, 1.165) is 0 Å².